The highest BCUT2D eigenvalue weighted by Gasteiger charge is 2.15. The van der Waals surface area contributed by atoms with Gasteiger partial charge in [0.1, 0.15) is 6.04 Å². The molecule has 2 aromatic carbocycles. The number of amides is 2. The maximum atomic E-state index is 12.6. The fraction of sp³-hybridized carbons (Fsp3) is 0.190. The Balaban J connectivity index is 1.71. The molecule has 27 heavy (non-hydrogen) atoms. The lowest BCUT2D eigenvalue weighted by Gasteiger charge is -2.14. The van der Waals surface area contributed by atoms with Gasteiger partial charge in [-0.2, -0.15) is 5.10 Å². The molecular weight excluding hydrogens is 340 g/mol. The Morgan fingerprint density at radius 1 is 1.00 bits per heavy atom. The van der Waals surface area contributed by atoms with Gasteiger partial charge in [-0.25, -0.2) is 0 Å². The topological polar surface area (TPSA) is 76.0 Å². The van der Waals surface area contributed by atoms with Crippen molar-refractivity contribution in [3.63, 3.8) is 0 Å². The third-order valence-electron chi connectivity index (χ3n) is 4.54. The molecule has 1 atom stereocenters. The van der Waals surface area contributed by atoms with E-state index in [0.29, 0.717) is 16.9 Å². The van der Waals surface area contributed by atoms with Gasteiger partial charge in [0.25, 0.3) is 5.91 Å². The third kappa shape index (κ3) is 4.23. The van der Waals surface area contributed by atoms with Crippen LogP contribution in [0.3, 0.4) is 0 Å². The average molecular weight is 362 g/mol. The van der Waals surface area contributed by atoms with E-state index in [9.17, 15) is 9.59 Å². The molecule has 3 aromatic rings. The van der Waals surface area contributed by atoms with Crippen LogP contribution in [0, 0.1) is 13.8 Å². The van der Waals surface area contributed by atoms with Gasteiger partial charge in [-0.3, -0.25) is 14.3 Å². The van der Waals surface area contributed by atoms with Gasteiger partial charge in [0.05, 0.1) is 0 Å². The van der Waals surface area contributed by atoms with Crippen LogP contribution in [0.4, 0.5) is 11.4 Å². The molecule has 0 bridgehead atoms. The summed E-state index contributed by atoms with van der Waals surface area (Å²) in [6, 6.07) is 14.1. The van der Waals surface area contributed by atoms with Crippen molar-refractivity contribution < 1.29 is 9.59 Å². The molecular formula is C21H22N4O2. The molecule has 1 heterocycles. The molecule has 2 N–H and O–H groups in total. The van der Waals surface area contributed by atoms with E-state index >= 15 is 0 Å². The maximum Gasteiger partial charge on any atom is 0.255 e. The van der Waals surface area contributed by atoms with Gasteiger partial charge in [0, 0.05) is 29.3 Å². The van der Waals surface area contributed by atoms with Gasteiger partial charge in [0.2, 0.25) is 5.91 Å². The number of nitrogens with zero attached hydrogens (tertiary/aromatic N) is 2. The van der Waals surface area contributed by atoms with E-state index in [0.717, 1.165) is 11.1 Å². The second-order valence-corrected chi connectivity index (χ2v) is 6.43. The van der Waals surface area contributed by atoms with Gasteiger partial charge >= 0.3 is 0 Å². The number of hydrogen-bond acceptors (Lipinski definition) is 3. The Bertz CT molecular complexity index is 964. The zero-order valence-corrected chi connectivity index (χ0v) is 15.6. The van der Waals surface area contributed by atoms with Crippen molar-refractivity contribution in [3.05, 3.63) is 77.6 Å². The van der Waals surface area contributed by atoms with E-state index in [1.165, 1.54) is 0 Å². The standard InChI is InChI=1S/C21H22N4O2/c1-14-7-4-10-19(15(14)2)21(27)24-18-9-5-8-17(13-18)23-20(26)16(3)25-12-6-11-22-25/h4-13,16H,1-3H3,(H,23,26)(H,24,27)/t16-/m0/s1. The van der Waals surface area contributed by atoms with Crippen molar-refractivity contribution in [1.82, 2.24) is 9.78 Å². The molecule has 0 radical (unpaired) electrons. The van der Waals surface area contributed by atoms with Crippen LogP contribution in [0.2, 0.25) is 0 Å². The van der Waals surface area contributed by atoms with Crippen LogP contribution < -0.4 is 10.6 Å². The van der Waals surface area contributed by atoms with Crippen molar-refractivity contribution in [1.29, 1.82) is 0 Å². The average Bonchev–Trinajstić information content (AvgIpc) is 3.18. The maximum absolute atomic E-state index is 12.6. The number of carbonyl (C=O) groups excluding carboxylic acids is 2. The summed E-state index contributed by atoms with van der Waals surface area (Å²) < 4.78 is 1.58. The van der Waals surface area contributed by atoms with E-state index in [1.54, 1.807) is 60.4 Å². The predicted octanol–water partition coefficient (Wildman–Crippen LogP) is 3.95. The first-order valence-corrected chi connectivity index (χ1v) is 8.73. The summed E-state index contributed by atoms with van der Waals surface area (Å²) in [5.74, 6) is -0.360. The lowest BCUT2D eigenvalue weighted by molar-refractivity contribution is -0.119. The van der Waals surface area contributed by atoms with Crippen molar-refractivity contribution in [2.75, 3.05) is 10.6 Å². The van der Waals surface area contributed by atoms with Crippen LogP contribution >= 0.6 is 0 Å². The molecule has 2 amide bonds. The zero-order valence-electron chi connectivity index (χ0n) is 15.6. The lowest BCUT2D eigenvalue weighted by atomic mass is 10.0. The highest BCUT2D eigenvalue weighted by atomic mass is 16.2. The first-order chi connectivity index (χ1) is 13.0. The van der Waals surface area contributed by atoms with Crippen molar-refractivity contribution in [2.45, 2.75) is 26.8 Å². The second kappa shape index (κ2) is 7.86. The molecule has 6 nitrogen and oxygen atoms in total. The van der Waals surface area contributed by atoms with E-state index in [2.05, 4.69) is 15.7 Å². The monoisotopic (exact) mass is 362 g/mol. The molecule has 0 fully saturated rings. The molecule has 0 unspecified atom stereocenters. The molecule has 3 rings (SSSR count). The van der Waals surface area contributed by atoms with Gasteiger partial charge in [-0.05, 0) is 62.2 Å². The minimum Gasteiger partial charge on any atom is -0.324 e. The van der Waals surface area contributed by atoms with Crippen LogP contribution in [0.25, 0.3) is 0 Å². The van der Waals surface area contributed by atoms with Crippen molar-refractivity contribution >= 4 is 23.2 Å². The smallest absolute Gasteiger partial charge is 0.255 e. The van der Waals surface area contributed by atoms with Crippen LogP contribution in [0.1, 0.15) is 34.5 Å². The van der Waals surface area contributed by atoms with E-state index in [-0.39, 0.29) is 11.8 Å². The Kier molecular flexibility index (Phi) is 5.35. The van der Waals surface area contributed by atoms with Crippen LogP contribution in [0.5, 0.6) is 0 Å². The predicted molar refractivity (Wildman–Crippen MR) is 106 cm³/mol. The van der Waals surface area contributed by atoms with Gasteiger partial charge in [0.15, 0.2) is 0 Å². The Morgan fingerprint density at radius 2 is 1.70 bits per heavy atom. The van der Waals surface area contributed by atoms with Gasteiger partial charge < -0.3 is 10.6 Å². The molecule has 0 spiro atoms. The molecule has 138 valence electrons. The summed E-state index contributed by atoms with van der Waals surface area (Å²) in [5, 5.41) is 9.83. The number of aryl methyl sites for hydroxylation is 1. The summed E-state index contributed by atoms with van der Waals surface area (Å²) in [4.78, 5) is 25.0. The van der Waals surface area contributed by atoms with E-state index < -0.39 is 6.04 Å². The molecule has 1 aromatic heterocycles. The number of benzene rings is 2. The normalized spacial score (nSPS) is 11.7. The molecule has 0 aliphatic carbocycles. The largest absolute Gasteiger partial charge is 0.324 e. The molecule has 0 saturated carbocycles. The molecule has 6 heteroatoms. The zero-order chi connectivity index (χ0) is 19.4. The number of aromatic nitrogens is 2. The minimum atomic E-state index is -0.437. The van der Waals surface area contributed by atoms with Crippen LogP contribution in [0.15, 0.2) is 60.9 Å². The Hall–Kier alpha value is -3.41. The second-order valence-electron chi connectivity index (χ2n) is 6.43. The summed E-state index contributed by atoms with van der Waals surface area (Å²) in [6.07, 6.45) is 3.37. The highest BCUT2D eigenvalue weighted by Crippen LogP contribution is 2.19. The minimum absolute atomic E-state index is 0.176. The number of rotatable bonds is 5. The lowest BCUT2D eigenvalue weighted by Crippen LogP contribution is -2.24. The number of anilines is 2. The summed E-state index contributed by atoms with van der Waals surface area (Å²) in [7, 11) is 0. The van der Waals surface area contributed by atoms with E-state index in [1.807, 2.05) is 26.0 Å². The van der Waals surface area contributed by atoms with Gasteiger partial charge in [-0.15, -0.1) is 0 Å². The number of hydrogen-bond donors (Lipinski definition) is 2. The first kappa shape index (κ1) is 18.4. The number of nitrogens with one attached hydrogen (secondary N) is 2. The van der Waals surface area contributed by atoms with E-state index in [4.69, 9.17) is 0 Å². The van der Waals surface area contributed by atoms with Crippen molar-refractivity contribution in [3.8, 4) is 0 Å². The third-order valence-corrected chi connectivity index (χ3v) is 4.54. The Labute approximate surface area is 158 Å². The SMILES string of the molecule is Cc1cccc(C(=O)Nc2cccc(NC(=O)[C@H](C)n3cccn3)c2)c1C. The molecule has 0 saturated heterocycles. The summed E-state index contributed by atoms with van der Waals surface area (Å²) in [6.45, 7) is 5.68. The van der Waals surface area contributed by atoms with Crippen LogP contribution in [-0.4, -0.2) is 21.6 Å². The fourth-order valence-electron chi connectivity index (χ4n) is 2.75. The number of carbonyl (C=O) groups is 2. The highest BCUT2D eigenvalue weighted by molar-refractivity contribution is 6.05. The summed E-state index contributed by atoms with van der Waals surface area (Å²) >= 11 is 0. The van der Waals surface area contributed by atoms with Crippen molar-refractivity contribution in [2.24, 2.45) is 0 Å². The first-order valence-electron chi connectivity index (χ1n) is 8.73. The summed E-state index contributed by atoms with van der Waals surface area (Å²) in [5.41, 5.74) is 3.88. The van der Waals surface area contributed by atoms with Crippen LogP contribution in [-0.2, 0) is 4.79 Å². The van der Waals surface area contributed by atoms with Gasteiger partial charge in [-0.1, -0.05) is 18.2 Å². The fourth-order valence-corrected chi connectivity index (χ4v) is 2.75. The Morgan fingerprint density at radius 3 is 2.41 bits per heavy atom. The molecule has 0 aliphatic heterocycles. The molecule has 0 aliphatic rings. The quantitative estimate of drug-likeness (QED) is 0.721.